The fraction of sp³-hybridized carbons (Fsp3) is 0.636. The summed E-state index contributed by atoms with van der Waals surface area (Å²) in [4.78, 5) is 20.2. The van der Waals surface area contributed by atoms with Gasteiger partial charge >= 0.3 is 5.69 Å². The highest BCUT2D eigenvalue weighted by atomic mass is 16.6. The molecule has 0 unspecified atom stereocenters. The van der Waals surface area contributed by atoms with E-state index in [-0.39, 0.29) is 11.8 Å². The van der Waals surface area contributed by atoms with E-state index in [1.54, 1.807) is 19.0 Å². The fourth-order valence-electron chi connectivity index (χ4n) is 2.22. The van der Waals surface area contributed by atoms with Crippen molar-refractivity contribution in [3.05, 3.63) is 16.3 Å². The Bertz CT molecular complexity index is 475. The van der Waals surface area contributed by atoms with Gasteiger partial charge in [-0.25, -0.2) is 4.98 Å². The van der Waals surface area contributed by atoms with Gasteiger partial charge in [0.2, 0.25) is 11.8 Å². The SMILES string of the molecule is CNc1ncc([N+](=O)[O-])c(N(C)CC2CC(O)C2)n1. The number of anilines is 2. The van der Waals surface area contributed by atoms with Crippen LogP contribution in [0.2, 0.25) is 0 Å². The van der Waals surface area contributed by atoms with E-state index in [4.69, 9.17) is 0 Å². The monoisotopic (exact) mass is 267 g/mol. The first-order valence-electron chi connectivity index (χ1n) is 6.09. The highest BCUT2D eigenvalue weighted by molar-refractivity contribution is 5.58. The van der Waals surface area contributed by atoms with Crippen molar-refractivity contribution >= 4 is 17.5 Å². The molecule has 1 fully saturated rings. The number of nitrogens with one attached hydrogen (secondary N) is 1. The van der Waals surface area contributed by atoms with Crippen molar-refractivity contribution in [3.8, 4) is 0 Å². The summed E-state index contributed by atoms with van der Waals surface area (Å²) in [6, 6.07) is 0. The van der Waals surface area contributed by atoms with Crippen molar-refractivity contribution in [2.24, 2.45) is 5.92 Å². The number of aliphatic hydroxyl groups is 1. The third-order valence-electron chi connectivity index (χ3n) is 3.27. The number of nitro groups is 1. The lowest BCUT2D eigenvalue weighted by Gasteiger charge is -2.34. The Morgan fingerprint density at radius 3 is 2.84 bits per heavy atom. The van der Waals surface area contributed by atoms with Crippen molar-refractivity contribution in [1.29, 1.82) is 0 Å². The van der Waals surface area contributed by atoms with Crippen LogP contribution < -0.4 is 10.2 Å². The highest BCUT2D eigenvalue weighted by Crippen LogP contribution is 2.31. The number of aromatic nitrogens is 2. The minimum atomic E-state index is -0.485. The summed E-state index contributed by atoms with van der Waals surface area (Å²) in [6.07, 6.45) is 2.46. The molecule has 0 aliphatic heterocycles. The van der Waals surface area contributed by atoms with Crippen molar-refractivity contribution in [3.63, 3.8) is 0 Å². The molecule has 0 amide bonds. The third kappa shape index (κ3) is 2.90. The van der Waals surface area contributed by atoms with E-state index >= 15 is 0 Å². The van der Waals surface area contributed by atoms with Crippen LogP contribution in [0.15, 0.2) is 6.20 Å². The molecule has 0 radical (unpaired) electrons. The molecule has 104 valence electrons. The van der Waals surface area contributed by atoms with E-state index in [2.05, 4.69) is 15.3 Å². The van der Waals surface area contributed by atoms with Crippen LogP contribution in [-0.4, -0.2) is 46.7 Å². The first-order chi connectivity index (χ1) is 9.01. The van der Waals surface area contributed by atoms with Crippen LogP contribution in [0.5, 0.6) is 0 Å². The van der Waals surface area contributed by atoms with Crippen molar-refractivity contribution in [2.45, 2.75) is 18.9 Å². The predicted octanol–water partition coefficient (Wildman–Crippen LogP) is 0.634. The van der Waals surface area contributed by atoms with Gasteiger partial charge in [0.25, 0.3) is 0 Å². The Hall–Kier alpha value is -1.96. The Labute approximate surface area is 110 Å². The van der Waals surface area contributed by atoms with Gasteiger partial charge in [0, 0.05) is 20.6 Å². The van der Waals surface area contributed by atoms with Gasteiger partial charge in [0.15, 0.2) is 0 Å². The maximum absolute atomic E-state index is 11.0. The van der Waals surface area contributed by atoms with Crippen LogP contribution in [0.25, 0.3) is 0 Å². The second-order valence-corrected chi connectivity index (χ2v) is 4.78. The Morgan fingerprint density at radius 2 is 2.32 bits per heavy atom. The van der Waals surface area contributed by atoms with E-state index in [1.165, 1.54) is 6.20 Å². The topological polar surface area (TPSA) is 104 Å². The molecule has 1 heterocycles. The number of hydrogen-bond donors (Lipinski definition) is 2. The molecule has 2 N–H and O–H groups in total. The summed E-state index contributed by atoms with van der Waals surface area (Å²) >= 11 is 0. The van der Waals surface area contributed by atoms with Gasteiger partial charge in [-0.15, -0.1) is 0 Å². The molecule has 1 aliphatic rings. The average Bonchev–Trinajstić information content (AvgIpc) is 2.35. The first kappa shape index (κ1) is 13.5. The maximum atomic E-state index is 11.0. The average molecular weight is 267 g/mol. The number of rotatable bonds is 5. The van der Waals surface area contributed by atoms with Gasteiger partial charge in [-0.1, -0.05) is 0 Å². The van der Waals surface area contributed by atoms with E-state index in [9.17, 15) is 15.2 Å². The number of nitrogens with zero attached hydrogens (tertiary/aromatic N) is 4. The van der Waals surface area contributed by atoms with Gasteiger partial charge in [0.1, 0.15) is 6.20 Å². The first-order valence-corrected chi connectivity index (χ1v) is 6.09. The standard InChI is InChI=1S/C11H17N5O3/c1-12-11-13-5-9(16(18)19)10(14-11)15(2)6-7-3-8(17)4-7/h5,7-8,17H,3-4,6H2,1-2H3,(H,12,13,14). The highest BCUT2D eigenvalue weighted by Gasteiger charge is 2.30. The molecule has 0 spiro atoms. The minimum absolute atomic E-state index is 0.110. The third-order valence-corrected chi connectivity index (χ3v) is 3.27. The Balaban J connectivity index is 2.17. The summed E-state index contributed by atoms with van der Waals surface area (Å²) in [7, 11) is 3.42. The lowest BCUT2D eigenvalue weighted by Crippen LogP contribution is -2.37. The van der Waals surface area contributed by atoms with Crippen molar-refractivity contribution in [2.75, 3.05) is 30.9 Å². The second kappa shape index (κ2) is 5.35. The second-order valence-electron chi connectivity index (χ2n) is 4.78. The molecule has 19 heavy (non-hydrogen) atoms. The summed E-state index contributed by atoms with van der Waals surface area (Å²) < 4.78 is 0. The van der Waals surface area contributed by atoms with Gasteiger partial charge in [-0.05, 0) is 18.8 Å². The maximum Gasteiger partial charge on any atom is 0.329 e. The summed E-state index contributed by atoms with van der Waals surface area (Å²) in [5.74, 6) is 0.999. The lowest BCUT2D eigenvalue weighted by atomic mass is 9.82. The predicted molar refractivity (Wildman–Crippen MR) is 70.2 cm³/mol. The molecule has 8 nitrogen and oxygen atoms in total. The normalized spacial score (nSPS) is 21.6. The lowest BCUT2D eigenvalue weighted by molar-refractivity contribution is -0.384. The van der Waals surface area contributed by atoms with Crippen LogP contribution in [0.3, 0.4) is 0 Å². The fourth-order valence-corrected chi connectivity index (χ4v) is 2.22. The summed E-state index contributed by atoms with van der Waals surface area (Å²) in [5.41, 5.74) is -0.110. The molecule has 0 saturated heterocycles. The summed E-state index contributed by atoms with van der Waals surface area (Å²) in [5, 5.41) is 23.0. The quantitative estimate of drug-likeness (QED) is 0.595. The van der Waals surface area contributed by atoms with Gasteiger partial charge in [-0.2, -0.15) is 4.98 Å². The Kier molecular flexibility index (Phi) is 3.79. The molecule has 1 aromatic heterocycles. The largest absolute Gasteiger partial charge is 0.393 e. The molecular formula is C11H17N5O3. The molecule has 1 aromatic rings. The molecule has 1 aliphatic carbocycles. The number of aliphatic hydroxyl groups excluding tert-OH is 1. The van der Waals surface area contributed by atoms with Gasteiger partial charge in [-0.3, -0.25) is 10.1 Å². The zero-order valence-corrected chi connectivity index (χ0v) is 10.9. The molecule has 2 rings (SSSR count). The van der Waals surface area contributed by atoms with Crippen LogP contribution in [0.4, 0.5) is 17.5 Å². The molecule has 1 saturated carbocycles. The van der Waals surface area contributed by atoms with E-state index in [0.717, 1.165) is 12.8 Å². The number of hydrogen-bond acceptors (Lipinski definition) is 7. The molecule has 0 bridgehead atoms. The van der Waals surface area contributed by atoms with E-state index < -0.39 is 4.92 Å². The molecule has 8 heteroatoms. The van der Waals surface area contributed by atoms with Crippen LogP contribution >= 0.6 is 0 Å². The van der Waals surface area contributed by atoms with Crippen molar-refractivity contribution < 1.29 is 10.0 Å². The van der Waals surface area contributed by atoms with Crippen LogP contribution in [0, 0.1) is 16.0 Å². The van der Waals surface area contributed by atoms with Crippen LogP contribution in [-0.2, 0) is 0 Å². The van der Waals surface area contributed by atoms with Crippen molar-refractivity contribution in [1.82, 2.24) is 9.97 Å². The summed E-state index contributed by atoms with van der Waals surface area (Å²) in [6.45, 7) is 0.637. The zero-order valence-electron chi connectivity index (χ0n) is 10.9. The smallest absolute Gasteiger partial charge is 0.329 e. The zero-order chi connectivity index (χ0) is 14.0. The molecule has 0 atom stereocenters. The van der Waals surface area contributed by atoms with Crippen LogP contribution in [0.1, 0.15) is 12.8 Å². The molecule has 0 aromatic carbocycles. The van der Waals surface area contributed by atoms with Gasteiger partial charge < -0.3 is 15.3 Å². The van der Waals surface area contributed by atoms with E-state index in [0.29, 0.717) is 24.2 Å². The van der Waals surface area contributed by atoms with Gasteiger partial charge in [0.05, 0.1) is 11.0 Å². The minimum Gasteiger partial charge on any atom is -0.393 e. The molecular weight excluding hydrogens is 250 g/mol. The Morgan fingerprint density at radius 1 is 1.63 bits per heavy atom. The van der Waals surface area contributed by atoms with E-state index in [1.807, 2.05) is 0 Å².